The van der Waals surface area contributed by atoms with E-state index in [4.69, 9.17) is 12.2 Å². The van der Waals surface area contributed by atoms with Crippen LogP contribution >= 0.6 is 24.0 Å². The van der Waals surface area contributed by atoms with Gasteiger partial charge in [0.2, 0.25) is 11.8 Å². The number of nitrogens with one attached hydrogen (secondary N) is 1. The summed E-state index contributed by atoms with van der Waals surface area (Å²) in [6.45, 7) is 2.41. The third kappa shape index (κ3) is 5.02. The van der Waals surface area contributed by atoms with Crippen LogP contribution in [0.4, 0.5) is 5.69 Å². The lowest BCUT2D eigenvalue weighted by atomic mass is 10.2. The molecule has 0 aliphatic carbocycles. The van der Waals surface area contributed by atoms with Gasteiger partial charge >= 0.3 is 5.97 Å². The average Bonchev–Trinajstić information content (AvgIpc) is 2.89. The fraction of sp³-hybridized carbons (Fsp3) is 0.412. The van der Waals surface area contributed by atoms with Crippen LogP contribution < -0.4 is 5.32 Å². The molecular weight excluding hydrogens is 360 g/mol. The number of thioether (sulfide) groups is 1. The predicted octanol–water partition coefficient (Wildman–Crippen LogP) is 2.83. The Balaban J connectivity index is 1.78. The van der Waals surface area contributed by atoms with Crippen molar-refractivity contribution in [3.63, 3.8) is 0 Å². The zero-order valence-corrected chi connectivity index (χ0v) is 15.7. The number of benzene rings is 1. The first-order valence-corrected chi connectivity index (χ1v) is 9.25. The van der Waals surface area contributed by atoms with Crippen molar-refractivity contribution in [1.82, 2.24) is 4.90 Å². The van der Waals surface area contributed by atoms with Crippen LogP contribution in [-0.2, 0) is 14.3 Å². The SMILES string of the molecule is CCC1SC(=S)N(CCCC(=O)Nc2ccc(C(=O)OC)cc2)C1=O. The Bertz CT molecular complexity index is 676. The molecule has 1 unspecified atom stereocenters. The topological polar surface area (TPSA) is 75.7 Å². The predicted molar refractivity (Wildman–Crippen MR) is 102 cm³/mol. The summed E-state index contributed by atoms with van der Waals surface area (Å²) in [7, 11) is 1.32. The Morgan fingerprint density at radius 1 is 1.32 bits per heavy atom. The summed E-state index contributed by atoms with van der Waals surface area (Å²) in [6.07, 6.45) is 1.57. The molecule has 1 aliphatic heterocycles. The van der Waals surface area contributed by atoms with Gasteiger partial charge in [-0.25, -0.2) is 4.79 Å². The molecule has 0 aromatic heterocycles. The Morgan fingerprint density at radius 2 is 2.00 bits per heavy atom. The summed E-state index contributed by atoms with van der Waals surface area (Å²) in [4.78, 5) is 37.1. The zero-order valence-electron chi connectivity index (χ0n) is 14.1. The largest absolute Gasteiger partial charge is 0.465 e. The van der Waals surface area contributed by atoms with Gasteiger partial charge in [0, 0.05) is 18.7 Å². The van der Waals surface area contributed by atoms with Gasteiger partial charge in [0.1, 0.15) is 4.32 Å². The number of ether oxygens (including phenoxy) is 1. The second kappa shape index (κ2) is 8.96. The van der Waals surface area contributed by atoms with Gasteiger partial charge in [-0.05, 0) is 37.1 Å². The van der Waals surface area contributed by atoms with Gasteiger partial charge in [0.05, 0.1) is 17.9 Å². The second-order valence-electron chi connectivity index (χ2n) is 5.49. The molecule has 1 heterocycles. The number of hydrogen-bond acceptors (Lipinski definition) is 6. The van der Waals surface area contributed by atoms with Gasteiger partial charge in [-0.2, -0.15) is 0 Å². The van der Waals surface area contributed by atoms with E-state index in [1.165, 1.54) is 18.9 Å². The zero-order chi connectivity index (χ0) is 18.4. The first-order valence-electron chi connectivity index (χ1n) is 7.96. The molecule has 25 heavy (non-hydrogen) atoms. The van der Waals surface area contributed by atoms with Crippen molar-refractivity contribution in [2.45, 2.75) is 31.4 Å². The number of carbonyl (C=O) groups excluding carboxylic acids is 3. The summed E-state index contributed by atoms with van der Waals surface area (Å²) >= 11 is 6.64. The summed E-state index contributed by atoms with van der Waals surface area (Å²) in [5.74, 6) is -0.535. The minimum atomic E-state index is -0.424. The first kappa shape index (κ1) is 19.4. The third-order valence-electron chi connectivity index (χ3n) is 3.75. The van der Waals surface area contributed by atoms with E-state index in [2.05, 4.69) is 10.1 Å². The lowest BCUT2D eigenvalue weighted by Gasteiger charge is -2.15. The van der Waals surface area contributed by atoms with Crippen LogP contribution in [0.25, 0.3) is 0 Å². The molecule has 2 rings (SSSR count). The van der Waals surface area contributed by atoms with Gasteiger partial charge in [-0.3, -0.25) is 14.5 Å². The molecule has 2 amide bonds. The van der Waals surface area contributed by atoms with Crippen LogP contribution in [0.2, 0.25) is 0 Å². The van der Waals surface area contributed by atoms with E-state index in [0.29, 0.717) is 28.5 Å². The van der Waals surface area contributed by atoms with E-state index in [1.54, 1.807) is 29.2 Å². The van der Waals surface area contributed by atoms with Crippen molar-refractivity contribution in [2.75, 3.05) is 19.0 Å². The van der Waals surface area contributed by atoms with Gasteiger partial charge in [0.15, 0.2) is 0 Å². The van der Waals surface area contributed by atoms with Crippen molar-refractivity contribution in [3.8, 4) is 0 Å². The van der Waals surface area contributed by atoms with Crippen molar-refractivity contribution in [1.29, 1.82) is 0 Å². The monoisotopic (exact) mass is 380 g/mol. The number of rotatable bonds is 7. The highest BCUT2D eigenvalue weighted by Crippen LogP contribution is 2.29. The number of esters is 1. The number of thiocarbonyl (C=S) groups is 1. The van der Waals surface area contributed by atoms with E-state index in [-0.39, 0.29) is 23.5 Å². The number of nitrogens with zero attached hydrogens (tertiary/aromatic N) is 1. The van der Waals surface area contributed by atoms with Gasteiger partial charge in [0.25, 0.3) is 0 Å². The Labute approximate surface area is 156 Å². The Morgan fingerprint density at radius 3 is 2.56 bits per heavy atom. The molecule has 1 aliphatic rings. The molecule has 0 radical (unpaired) electrons. The maximum absolute atomic E-state index is 12.1. The molecule has 6 nitrogen and oxygen atoms in total. The molecule has 1 aromatic carbocycles. The molecule has 8 heteroatoms. The summed E-state index contributed by atoms with van der Waals surface area (Å²) in [5.41, 5.74) is 1.02. The molecule has 0 spiro atoms. The van der Waals surface area contributed by atoms with Gasteiger partial charge in [-0.15, -0.1) is 0 Å². The smallest absolute Gasteiger partial charge is 0.337 e. The fourth-order valence-corrected chi connectivity index (χ4v) is 3.86. The number of hydrogen-bond donors (Lipinski definition) is 1. The second-order valence-corrected chi connectivity index (χ2v) is 7.33. The van der Waals surface area contributed by atoms with Crippen LogP contribution in [-0.4, -0.2) is 45.9 Å². The molecule has 1 aromatic rings. The summed E-state index contributed by atoms with van der Waals surface area (Å²) in [5, 5.41) is 2.67. The summed E-state index contributed by atoms with van der Waals surface area (Å²) in [6, 6.07) is 6.47. The fourth-order valence-electron chi connectivity index (χ4n) is 2.39. The van der Waals surface area contributed by atoms with E-state index >= 15 is 0 Å². The van der Waals surface area contributed by atoms with Crippen molar-refractivity contribution < 1.29 is 19.1 Å². The van der Waals surface area contributed by atoms with E-state index in [9.17, 15) is 14.4 Å². The lowest BCUT2D eigenvalue weighted by Crippen LogP contribution is -2.32. The van der Waals surface area contributed by atoms with Gasteiger partial charge < -0.3 is 10.1 Å². The Kier molecular flexibility index (Phi) is 6.95. The maximum Gasteiger partial charge on any atom is 0.337 e. The molecule has 134 valence electrons. The molecule has 1 saturated heterocycles. The van der Waals surface area contributed by atoms with Gasteiger partial charge in [-0.1, -0.05) is 30.9 Å². The molecule has 0 bridgehead atoms. The van der Waals surface area contributed by atoms with E-state index in [0.717, 1.165) is 6.42 Å². The lowest BCUT2D eigenvalue weighted by molar-refractivity contribution is -0.126. The number of anilines is 1. The highest BCUT2D eigenvalue weighted by Gasteiger charge is 2.35. The summed E-state index contributed by atoms with van der Waals surface area (Å²) < 4.78 is 5.21. The number of amides is 2. The molecule has 0 saturated carbocycles. The first-order chi connectivity index (χ1) is 12.0. The normalized spacial score (nSPS) is 16.9. The highest BCUT2D eigenvalue weighted by atomic mass is 32.2. The van der Waals surface area contributed by atoms with E-state index in [1.807, 2.05) is 6.92 Å². The van der Waals surface area contributed by atoms with Crippen LogP contribution in [0.5, 0.6) is 0 Å². The highest BCUT2D eigenvalue weighted by molar-refractivity contribution is 8.24. The van der Waals surface area contributed by atoms with Crippen molar-refractivity contribution in [2.24, 2.45) is 0 Å². The standard InChI is InChI=1S/C17H20N2O4S2/c1-3-13-15(21)19(17(24)25-13)10-4-5-14(20)18-12-8-6-11(7-9-12)16(22)23-2/h6-9,13H,3-5,10H2,1-2H3,(H,18,20). The van der Waals surface area contributed by atoms with Crippen molar-refractivity contribution in [3.05, 3.63) is 29.8 Å². The minimum Gasteiger partial charge on any atom is -0.465 e. The maximum atomic E-state index is 12.1. The minimum absolute atomic E-state index is 0.0382. The molecule has 1 fully saturated rings. The van der Waals surface area contributed by atoms with Crippen LogP contribution in [0.15, 0.2) is 24.3 Å². The number of carbonyl (C=O) groups is 3. The third-order valence-corrected chi connectivity index (χ3v) is 5.50. The van der Waals surface area contributed by atoms with Crippen LogP contribution in [0.3, 0.4) is 0 Å². The van der Waals surface area contributed by atoms with Crippen LogP contribution in [0.1, 0.15) is 36.5 Å². The molecule has 1 atom stereocenters. The Hall–Kier alpha value is -1.93. The average molecular weight is 380 g/mol. The molecular formula is C17H20N2O4S2. The quantitative estimate of drug-likeness (QED) is 0.579. The van der Waals surface area contributed by atoms with E-state index < -0.39 is 5.97 Å². The van der Waals surface area contributed by atoms with Crippen molar-refractivity contribution >= 4 is 51.8 Å². The van der Waals surface area contributed by atoms with Crippen LogP contribution in [0, 0.1) is 0 Å². The number of methoxy groups -OCH3 is 1. The molecule has 1 N–H and O–H groups in total.